The van der Waals surface area contributed by atoms with Gasteiger partial charge in [-0.25, -0.2) is 4.98 Å². The molecule has 1 aliphatic heterocycles. The molecule has 24 heavy (non-hydrogen) atoms. The molecule has 1 aliphatic rings. The van der Waals surface area contributed by atoms with E-state index in [1.54, 1.807) is 36.4 Å². The van der Waals surface area contributed by atoms with Crippen molar-refractivity contribution in [1.29, 1.82) is 0 Å². The van der Waals surface area contributed by atoms with Crippen LogP contribution in [0.25, 0.3) is 0 Å². The number of para-hydroxylation sites is 1. The topological polar surface area (TPSA) is 100 Å². The van der Waals surface area contributed by atoms with Gasteiger partial charge in [0.25, 0.3) is 5.91 Å². The highest BCUT2D eigenvalue weighted by Gasteiger charge is 2.29. The zero-order valence-electron chi connectivity index (χ0n) is 13.0. The summed E-state index contributed by atoms with van der Waals surface area (Å²) in [5, 5.41) is 7.87. The van der Waals surface area contributed by atoms with Crippen LogP contribution in [0.15, 0.2) is 42.5 Å². The number of carbonyl (C=O) groups is 3. The van der Waals surface area contributed by atoms with Gasteiger partial charge < -0.3 is 16.0 Å². The van der Waals surface area contributed by atoms with Gasteiger partial charge in [0.1, 0.15) is 11.9 Å². The molecule has 7 heteroatoms. The molecule has 122 valence electrons. The van der Waals surface area contributed by atoms with Crippen LogP contribution in [-0.2, 0) is 9.59 Å². The molecule has 3 amide bonds. The van der Waals surface area contributed by atoms with E-state index in [1.807, 2.05) is 13.0 Å². The molecule has 0 fully saturated rings. The Morgan fingerprint density at radius 3 is 2.75 bits per heavy atom. The summed E-state index contributed by atoms with van der Waals surface area (Å²) in [5.41, 5.74) is 1.57. The lowest BCUT2D eigenvalue weighted by molar-refractivity contribution is -0.122. The van der Waals surface area contributed by atoms with Gasteiger partial charge in [0.15, 0.2) is 0 Å². The van der Waals surface area contributed by atoms with Gasteiger partial charge in [-0.05, 0) is 31.2 Å². The fraction of sp³-hybridized carbons (Fsp3) is 0.176. The zero-order chi connectivity index (χ0) is 17.1. The highest BCUT2D eigenvalue weighted by atomic mass is 16.2. The second kappa shape index (κ2) is 6.49. The van der Waals surface area contributed by atoms with E-state index in [0.717, 1.165) is 5.69 Å². The molecular weight excluding hydrogens is 308 g/mol. The van der Waals surface area contributed by atoms with Crippen LogP contribution in [0.1, 0.15) is 22.5 Å². The van der Waals surface area contributed by atoms with Crippen molar-refractivity contribution < 1.29 is 14.4 Å². The van der Waals surface area contributed by atoms with E-state index in [0.29, 0.717) is 17.1 Å². The summed E-state index contributed by atoms with van der Waals surface area (Å²) < 4.78 is 0. The molecule has 2 heterocycles. The van der Waals surface area contributed by atoms with E-state index in [2.05, 4.69) is 20.9 Å². The van der Waals surface area contributed by atoms with Crippen molar-refractivity contribution in [3.63, 3.8) is 0 Å². The number of rotatable bonds is 3. The Labute approximate surface area is 138 Å². The lowest BCUT2D eigenvalue weighted by atomic mass is 10.1. The summed E-state index contributed by atoms with van der Waals surface area (Å²) in [6, 6.07) is 11.0. The third kappa shape index (κ3) is 3.40. The number of pyridine rings is 1. The van der Waals surface area contributed by atoms with Crippen LogP contribution in [0, 0.1) is 6.92 Å². The van der Waals surface area contributed by atoms with Crippen LogP contribution >= 0.6 is 0 Å². The normalized spacial score (nSPS) is 16.5. The summed E-state index contributed by atoms with van der Waals surface area (Å²) in [4.78, 5) is 40.8. The van der Waals surface area contributed by atoms with Crippen molar-refractivity contribution >= 4 is 29.2 Å². The van der Waals surface area contributed by atoms with Gasteiger partial charge in [-0.1, -0.05) is 18.2 Å². The lowest BCUT2D eigenvalue weighted by Crippen LogP contribution is -2.43. The predicted octanol–water partition coefficient (Wildman–Crippen LogP) is 1.47. The molecular formula is C17H16N4O3. The fourth-order valence-electron chi connectivity index (χ4n) is 2.45. The first-order valence-corrected chi connectivity index (χ1v) is 7.47. The molecule has 3 rings (SSSR count). The van der Waals surface area contributed by atoms with Crippen molar-refractivity contribution in [1.82, 2.24) is 10.3 Å². The average Bonchev–Trinajstić information content (AvgIpc) is 2.65. The van der Waals surface area contributed by atoms with Crippen molar-refractivity contribution in [3.8, 4) is 0 Å². The molecule has 7 nitrogen and oxygen atoms in total. The van der Waals surface area contributed by atoms with E-state index in [9.17, 15) is 14.4 Å². The van der Waals surface area contributed by atoms with Gasteiger partial charge in [0.2, 0.25) is 11.8 Å². The number of hydrogen-bond acceptors (Lipinski definition) is 4. The van der Waals surface area contributed by atoms with E-state index in [4.69, 9.17) is 0 Å². The minimum Gasteiger partial charge on any atom is -0.340 e. The Bertz CT molecular complexity index is 819. The standard InChI is InChI=1S/C17H16N4O3/c1-10-5-4-8-14(18-10)21-15(22)9-13-17(24)19-12-7-3-2-6-11(12)16(23)20-13/h2-8,13H,9H2,1H3,(H,19,24)(H,20,23)(H,18,21,22)/t13-/m0/s1. The maximum absolute atomic E-state index is 12.2. The van der Waals surface area contributed by atoms with Crippen molar-refractivity contribution in [2.75, 3.05) is 10.6 Å². The smallest absolute Gasteiger partial charge is 0.254 e. The quantitative estimate of drug-likeness (QED) is 0.796. The zero-order valence-corrected chi connectivity index (χ0v) is 13.0. The SMILES string of the molecule is Cc1cccc(NC(=O)C[C@@H]2NC(=O)c3ccccc3NC2=O)n1. The molecule has 2 aromatic rings. The van der Waals surface area contributed by atoms with Crippen LogP contribution in [0.3, 0.4) is 0 Å². The third-order valence-electron chi connectivity index (χ3n) is 3.60. The van der Waals surface area contributed by atoms with Gasteiger partial charge in [0.05, 0.1) is 17.7 Å². The Morgan fingerprint density at radius 1 is 1.17 bits per heavy atom. The maximum atomic E-state index is 12.2. The number of nitrogens with one attached hydrogen (secondary N) is 3. The Kier molecular flexibility index (Phi) is 4.24. The predicted molar refractivity (Wildman–Crippen MR) is 88.5 cm³/mol. The number of nitrogens with zero attached hydrogens (tertiary/aromatic N) is 1. The number of aryl methyl sites for hydroxylation is 1. The number of anilines is 2. The average molecular weight is 324 g/mol. The summed E-state index contributed by atoms with van der Waals surface area (Å²) in [6.45, 7) is 1.81. The van der Waals surface area contributed by atoms with Crippen molar-refractivity contribution in [2.45, 2.75) is 19.4 Å². The highest BCUT2D eigenvalue weighted by molar-refractivity contribution is 6.11. The second-order valence-electron chi connectivity index (χ2n) is 5.48. The first kappa shape index (κ1) is 15.7. The molecule has 1 atom stereocenters. The van der Waals surface area contributed by atoms with Gasteiger partial charge in [0, 0.05) is 5.69 Å². The van der Waals surface area contributed by atoms with E-state index in [-0.39, 0.29) is 6.42 Å². The number of aromatic nitrogens is 1. The Balaban J connectivity index is 1.70. The summed E-state index contributed by atoms with van der Waals surface area (Å²) >= 11 is 0. The van der Waals surface area contributed by atoms with Crippen molar-refractivity contribution in [2.24, 2.45) is 0 Å². The molecule has 0 spiro atoms. The Morgan fingerprint density at radius 2 is 1.96 bits per heavy atom. The van der Waals surface area contributed by atoms with Gasteiger partial charge in [-0.15, -0.1) is 0 Å². The summed E-state index contributed by atoms with van der Waals surface area (Å²) in [5.74, 6) is -0.820. The largest absolute Gasteiger partial charge is 0.340 e. The highest BCUT2D eigenvalue weighted by Crippen LogP contribution is 2.19. The van der Waals surface area contributed by atoms with Gasteiger partial charge >= 0.3 is 0 Å². The van der Waals surface area contributed by atoms with Crippen molar-refractivity contribution in [3.05, 3.63) is 53.7 Å². The van der Waals surface area contributed by atoms with Crippen LogP contribution in [0.2, 0.25) is 0 Å². The molecule has 0 saturated heterocycles. The molecule has 0 aliphatic carbocycles. The van der Waals surface area contributed by atoms with Crippen LogP contribution < -0.4 is 16.0 Å². The summed E-state index contributed by atoms with van der Waals surface area (Å²) in [7, 11) is 0. The summed E-state index contributed by atoms with van der Waals surface area (Å²) in [6.07, 6.45) is -0.179. The number of fused-ring (bicyclic) bond motifs is 1. The molecule has 1 aromatic carbocycles. The molecule has 0 saturated carbocycles. The minimum atomic E-state index is -0.949. The minimum absolute atomic E-state index is 0.179. The van der Waals surface area contributed by atoms with E-state index in [1.165, 1.54) is 0 Å². The van der Waals surface area contributed by atoms with Crippen LogP contribution in [-0.4, -0.2) is 28.7 Å². The van der Waals surface area contributed by atoms with Crippen LogP contribution in [0.4, 0.5) is 11.5 Å². The first-order valence-electron chi connectivity index (χ1n) is 7.47. The molecule has 3 N–H and O–H groups in total. The second-order valence-corrected chi connectivity index (χ2v) is 5.48. The molecule has 0 bridgehead atoms. The monoisotopic (exact) mass is 324 g/mol. The fourth-order valence-corrected chi connectivity index (χ4v) is 2.45. The first-order chi connectivity index (χ1) is 11.5. The third-order valence-corrected chi connectivity index (χ3v) is 3.60. The van der Waals surface area contributed by atoms with Crippen LogP contribution in [0.5, 0.6) is 0 Å². The number of carbonyl (C=O) groups excluding carboxylic acids is 3. The molecule has 0 unspecified atom stereocenters. The Hall–Kier alpha value is -3.22. The van der Waals surface area contributed by atoms with E-state index >= 15 is 0 Å². The molecule has 0 radical (unpaired) electrons. The molecule has 1 aromatic heterocycles. The number of hydrogen-bond donors (Lipinski definition) is 3. The number of benzene rings is 1. The maximum Gasteiger partial charge on any atom is 0.254 e. The lowest BCUT2D eigenvalue weighted by Gasteiger charge is -2.14. The van der Waals surface area contributed by atoms with E-state index < -0.39 is 23.8 Å². The number of amides is 3. The van der Waals surface area contributed by atoms with Gasteiger partial charge in [-0.3, -0.25) is 14.4 Å². The van der Waals surface area contributed by atoms with Gasteiger partial charge in [-0.2, -0.15) is 0 Å².